The van der Waals surface area contributed by atoms with Gasteiger partial charge in [-0.15, -0.1) is 0 Å². The van der Waals surface area contributed by atoms with E-state index in [9.17, 15) is 4.79 Å². The van der Waals surface area contributed by atoms with Gasteiger partial charge in [0.15, 0.2) is 0 Å². The third kappa shape index (κ3) is 5.99. The second kappa shape index (κ2) is 10.1. The van der Waals surface area contributed by atoms with Crippen LogP contribution in [0.15, 0.2) is 48.5 Å². The first-order chi connectivity index (χ1) is 13.6. The molecule has 28 heavy (non-hydrogen) atoms. The number of carbonyl (C=O) groups is 1. The van der Waals surface area contributed by atoms with Crippen LogP contribution < -0.4 is 9.47 Å². The SMILES string of the molecule is COc1cccc(CCC(=O)N2CCN(CCOc3cccc(C)c3)CC2)c1. The van der Waals surface area contributed by atoms with Crippen molar-refractivity contribution in [3.8, 4) is 11.5 Å². The smallest absolute Gasteiger partial charge is 0.222 e. The van der Waals surface area contributed by atoms with Gasteiger partial charge in [0.1, 0.15) is 18.1 Å². The van der Waals surface area contributed by atoms with Crippen LogP contribution in [0.2, 0.25) is 0 Å². The maximum atomic E-state index is 12.5. The van der Waals surface area contributed by atoms with Crippen LogP contribution in [0.1, 0.15) is 17.5 Å². The van der Waals surface area contributed by atoms with Gasteiger partial charge in [0.2, 0.25) is 5.91 Å². The molecule has 0 atom stereocenters. The first kappa shape index (κ1) is 20.2. The second-order valence-corrected chi connectivity index (χ2v) is 7.24. The Morgan fingerprint density at radius 1 is 1.00 bits per heavy atom. The Bertz CT molecular complexity index is 770. The average Bonchev–Trinajstić information content (AvgIpc) is 2.73. The number of benzene rings is 2. The van der Waals surface area contributed by atoms with Crippen molar-refractivity contribution < 1.29 is 14.3 Å². The first-order valence-corrected chi connectivity index (χ1v) is 9.96. The molecule has 0 aliphatic carbocycles. The van der Waals surface area contributed by atoms with E-state index in [2.05, 4.69) is 24.0 Å². The van der Waals surface area contributed by atoms with Crippen LogP contribution in [0.4, 0.5) is 0 Å². The van der Waals surface area contributed by atoms with Gasteiger partial charge in [-0.05, 0) is 48.7 Å². The van der Waals surface area contributed by atoms with Crippen molar-refractivity contribution >= 4 is 5.91 Å². The Labute approximate surface area is 167 Å². The quantitative estimate of drug-likeness (QED) is 0.703. The van der Waals surface area contributed by atoms with Gasteiger partial charge in [-0.1, -0.05) is 24.3 Å². The minimum atomic E-state index is 0.235. The van der Waals surface area contributed by atoms with Crippen LogP contribution in [0.25, 0.3) is 0 Å². The van der Waals surface area contributed by atoms with E-state index >= 15 is 0 Å². The normalized spacial score (nSPS) is 14.7. The fraction of sp³-hybridized carbons (Fsp3) is 0.435. The molecule has 0 bridgehead atoms. The molecule has 1 fully saturated rings. The van der Waals surface area contributed by atoms with E-state index in [-0.39, 0.29) is 5.91 Å². The van der Waals surface area contributed by atoms with E-state index in [1.165, 1.54) is 5.56 Å². The highest BCUT2D eigenvalue weighted by molar-refractivity contribution is 5.76. The topological polar surface area (TPSA) is 42.0 Å². The highest BCUT2D eigenvalue weighted by atomic mass is 16.5. The Balaban J connectivity index is 1.35. The molecule has 1 aliphatic heterocycles. The van der Waals surface area contributed by atoms with E-state index in [1.807, 2.05) is 41.3 Å². The molecule has 150 valence electrons. The summed E-state index contributed by atoms with van der Waals surface area (Å²) in [6, 6.07) is 16.1. The van der Waals surface area contributed by atoms with Crippen LogP contribution in [0, 0.1) is 6.92 Å². The highest BCUT2D eigenvalue weighted by Gasteiger charge is 2.20. The monoisotopic (exact) mass is 382 g/mol. The highest BCUT2D eigenvalue weighted by Crippen LogP contribution is 2.15. The molecule has 1 amide bonds. The van der Waals surface area contributed by atoms with E-state index in [0.29, 0.717) is 13.0 Å². The summed E-state index contributed by atoms with van der Waals surface area (Å²) >= 11 is 0. The van der Waals surface area contributed by atoms with Crippen molar-refractivity contribution in [3.63, 3.8) is 0 Å². The summed E-state index contributed by atoms with van der Waals surface area (Å²) in [5.74, 6) is 2.00. The largest absolute Gasteiger partial charge is 0.497 e. The predicted octanol–water partition coefficient (Wildman–Crippen LogP) is 3.16. The molecule has 5 heteroatoms. The zero-order valence-electron chi connectivity index (χ0n) is 16.9. The van der Waals surface area contributed by atoms with E-state index in [4.69, 9.17) is 9.47 Å². The van der Waals surface area contributed by atoms with Crippen molar-refractivity contribution in [2.75, 3.05) is 46.4 Å². The van der Waals surface area contributed by atoms with E-state index in [0.717, 1.165) is 56.2 Å². The number of rotatable bonds is 8. The van der Waals surface area contributed by atoms with Gasteiger partial charge >= 0.3 is 0 Å². The zero-order valence-corrected chi connectivity index (χ0v) is 16.9. The van der Waals surface area contributed by atoms with Crippen LogP contribution in [-0.2, 0) is 11.2 Å². The van der Waals surface area contributed by atoms with Gasteiger partial charge < -0.3 is 14.4 Å². The number of nitrogens with zero attached hydrogens (tertiary/aromatic N) is 2. The molecule has 0 aromatic heterocycles. The number of methoxy groups -OCH3 is 1. The van der Waals surface area contributed by atoms with Crippen LogP contribution in [0.3, 0.4) is 0 Å². The fourth-order valence-electron chi connectivity index (χ4n) is 3.46. The summed E-state index contributed by atoms with van der Waals surface area (Å²) in [5, 5.41) is 0. The third-order valence-corrected chi connectivity index (χ3v) is 5.15. The molecule has 0 N–H and O–H groups in total. The molecular weight excluding hydrogens is 352 g/mol. The van der Waals surface area contributed by atoms with Crippen LogP contribution in [-0.4, -0.2) is 62.1 Å². The summed E-state index contributed by atoms with van der Waals surface area (Å²) in [4.78, 5) is 16.9. The molecule has 3 rings (SSSR count). The van der Waals surface area contributed by atoms with E-state index in [1.54, 1.807) is 7.11 Å². The number of piperazine rings is 1. The van der Waals surface area contributed by atoms with Gasteiger partial charge in [-0.3, -0.25) is 9.69 Å². The lowest BCUT2D eigenvalue weighted by Gasteiger charge is -2.34. The second-order valence-electron chi connectivity index (χ2n) is 7.24. The summed E-state index contributed by atoms with van der Waals surface area (Å²) in [6.07, 6.45) is 1.30. The van der Waals surface area contributed by atoms with Crippen LogP contribution in [0.5, 0.6) is 11.5 Å². The summed E-state index contributed by atoms with van der Waals surface area (Å²) in [6.45, 7) is 7.03. The lowest BCUT2D eigenvalue weighted by Crippen LogP contribution is -2.49. The molecule has 2 aromatic rings. The average molecular weight is 383 g/mol. The van der Waals surface area contributed by atoms with Gasteiger partial charge in [-0.2, -0.15) is 0 Å². The standard InChI is InChI=1S/C23H30N2O3/c1-19-5-3-8-22(17-19)28-16-15-24-11-13-25(14-12-24)23(26)10-9-20-6-4-7-21(18-20)27-2/h3-8,17-18H,9-16H2,1-2H3. The summed E-state index contributed by atoms with van der Waals surface area (Å²) < 4.78 is 11.1. The lowest BCUT2D eigenvalue weighted by molar-refractivity contribution is -0.132. The van der Waals surface area contributed by atoms with Gasteiger partial charge in [-0.25, -0.2) is 0 Å². The molecule has 5 nitrogen and oxygen atoms in total. The maximum absolute atomic E-state index is 12.5. The first-order valence-electron chi connectivity index (χ1n) is 9.96. The summed E-state index contributed by atoms with van der Waals surface area (Å²) in [5.41, 5.74) is 2.35. The molecule has 1 aliphatic rings. The maximum Gasteiger partial charge on any atom is 0.222 e. The van der Waals surface area contributed by atoms with Gasteiger partial charge in [0.05, 0.1) is 7.11 Å². The Morgan fingerprint density at radius 3 is 2.50 bits per heavy atom. The number of hydrogen-bond acceptors (Lipinski definition) is 4. The molecule has 0 radical (unpaired) electrons. The van der Waals surface area contributed by atoms with Crippen LogP contribution >= 0.6 is 0 Å². The van der Waals surface area contributed by atoms with Crippen molar-refractivity contribution in [2.24, 2.45) is 0 Å². The Kier molecular flexibility index (Phi) is 7.31. The number of amides is 1. The summed E-state index contributed by atoms with van der Waals surface area (Å²) in [7, 11) is 1.66. The zero-order chi connectivity index (χ0) is 19.8. The Hall–Kier alpha value is -2.53. The molecule has 2 aromatic carbocycles. The van der Waals surface area contributed by atoms with Crippen molar-refractivity contribution in [1.82, 2.24) is 9.80 Å². The predicted molar refractivity (Wildman–Crippen MR) is 111 cm³/mol. The number of carbonyl (C=O) groups excluding carboxylic acids is 1. The molecule has 0 saturated carbocycles. The number of ether oxygens (including phenoxy) is 2. The molecule has 0 spiro atoms. The molecule has 0 unspecified atom stereocenters. The molecular formula is C23H30N2O3. The Morgan fingerprint density at radius 2 is 1.75 bits per heavy atom. The van der Waals surface area contributed by atoms with E-state index < -0.39 is 0 Å². The van der Waals surface area contributed by atoms with Gasteiger partial charge in [0, 0.05) is 39.1 Å². The third-order valence-electron chi connectivity index (χ3n) is 5.15. The minimum Gasteiger partial charge on any atom is -0.497 e. The van der Waals surface area contributed by atoms with Crippen molar-refractivity contribution in [3.05, 3.63) is 59.7 Å². The molecule has 1 saturated heterocycles. The fourth-order valence-corrected chi connectivity index (χ4v) is 3.46. The van der Waals surface area contributed by atoms with Gasteiger partial charge in [0.25, 0.3) is 0 Å². The molecule has 1 heterocycles. The minimum absolute atomic E-state index is 0.235. The number of aryl methyl sites for hydroxylation is 2. The lowest BCUT2D eigenvalue weighted by atomic mass is 10.1. The van der Waals surface area contributed by atoms with Crippen molar-refractivity contribution in [2.45, 2.75) is 19.8 Å². The number of hydrogen-bond donors (Lipinski definition) is 0. The van der Waals surface area contributed by atoms with Crippen molar-refractivity contribution in [1.29, 1.82) is 0 Å².